The summed E-state index contributed by atoms with van der Waals surface area (Å²) >= 11 is 1.77. The molecule has 0 atom stereocenters. The van der Waals surface area contributed by atoms with Gasteiger partial charge >= 0.3 is 0 Å². The molecule has 2 aromatic heterocycles. The first-order chi connectivity index (χ1) is 9.25. The standard InChI is InChI=1S/C15H15N3S/c1-18(10-11-3-2-8-19-11)15-5-4-14(16)12-6-7-17-9-13(12)15/h2-9H,10,16H2,1H3. The van der Waals surface area contributed by atoms with Crippen LogP contribution in [-0.2, 0) is 6.54 Å². The minimum atomic E-state index is 0.797. The van der Waals surface area contributed by atoms with Gasteiger partial charge in [0, 0.05) is 46.5 Å². The van der Waals surface area contributed by atoms with E-state index in [9.17, 15) is 0 Å². The van der Waals surface area contributed by atoms with E-state index in [1.807, 2.05) is 18.3 Å². The number of nitrogen functional groups attached to an aromatic ring is 1. The smallest absolute Gasteiger partial charge is 0.0519 e. The maximum absolute atomic E-state index is 6.02. The molecule has 1 aromatic carbocycles. The third kappa shape index (κ3) is 2.27. The minimum absolute atomic E-state index is 0.797. The number of nitrogens with two attached hydrogens (primary N) is 1. The molecule has 2 heterocycles. The molecule has 0 aliphatic carbocycles. The van der Waals surface area contributed by atoms with Gasteiger partial charge in [-0.05, 0) is 29.6 Å². The van der Waals surface area contributed by atoms with Gasteiger partial charge in [-0.25, -0.2) is 0 Å². The average Bonchev–Trinajstić information content (AvgIpc) is 2.92. The second kappa shape index (κ2) is 4.90. The number of hydrogen-bond acceptors (Lipinski definition) is 4. The Bertz CT molecular complexity index is 692. The fourth-order valence-corrected chi connectivity index (χ4v) is 3.01. The van der Waals surface area contributed by atoms with E-state index in [4.69, 9.17) is 5.73 Å². The molecule has 3 aromatic rings. The van der Waals surface area contributed by atoms with E-state index in [0.29, 0.717) is 0 Å². The Morgan fingerprint density at radius 2 is 2.11 bits per heavy atom. The Kier molecular flexibility index (Phi) is 3.09. The van der Waals surface area contributed by atoms with E-state index in [1.54, 1.807) is 17.5 Å². The van der Waals surface area contributed by atoms with Crippen LogP contribution in [0.25, 0.3) is 10.8 Å². The van der Waals surface area contributed by atoms with Gasteiger partial charge in [-0.15, -0.1) is 11.3 Å². The molecule has 0 amide bonds. The molecule has 2 N–H and O–H groups in total. The number of anilines is 2. The Morgan fingerprint density at radius 1 is 1.21 bits per heavy atom. The molecule has 0 saturated carbocycles. The number of rotatable bonds is 3. The molecule has 3 nitrogen and oxygen atoms in total. The van der Waals surface area contributed by atoms with E-state index in [-0.39, 0.29) is 0 Å². The average molecular weight is 269 g/mol. The van der Waals surface area contributed by atoms with E-state index in [0.717, 1.165) is 28.7 Å². The van der Waals surface area contributed by atoms with Crippen LogP contribution in [0.5, 0.6) is 0 Å². The van der Waals surface area contributed by atoms with Crippen LogP contribution >= 0.6 is 11.3 Å². The largest absolute Gasteiger partial charge is 0.398 e. The van der Waals surface area contributed by atoms with Crippen LogP contribution in [-0.4, -0.2) is 12.0 Å². The summed E-state index contributed by atoms with van der Waals surface area (Å²) in [5, 5.41) is 4.26. The van der Waals surface area contributed by atoms with Gasteiger partial charge in [0.05, 0.1) is 6.54 Å². The van der Waals surface area contributed by atoms with Gasteiger partial charge in [-0.2, -0.15) is 0 Å². The zero-order chi connectivity index (χ0) is 13.2. The summed E-state index contributed by atoms with van der Waals surface area (Å²) in [6.45, 7) is 0.894. The number of thiophene rings is 1. The summed E-state index contributed by atoms with van der Waals surface area (Å²) in [6, 6.07) is 10.2. The van der Waals surface area contributed by atoms with Crippen LogP contribution in [0.2, 0.25) is 0 Å². The van der Waals surface area contributed by atoms with Crippen LogP contribution in [0.4, 0.5) is 11.4 Å². The Balaban J connectivity index is 2.03. The van der Waals surface area contributed by atoms with Gasteiger partial charge in [-0.3, -0.25) is 4.98 Å². The molecule has 96 valence electrons. The zero-order valence-electron chi connectivity index (χ0n) is 10.7. The molecular weight excluding hydrogens is 254 g/mol. The first-order valence-electron chi connectivity index (χ1n) is 6.11. The van der Waals surface area contributed by atoms with Gasteiger partial charge in [0.1, 0.15) is 0 Å². The monoisotopic (exact) mass is 269 g/mol. The molecule has 0 unspecified atom stereocenters. The summed E-state index contributed by atoms with van der Waals surface area (Å²) in [5.41, 5.74) is 7.97. The quantitative estimate of drug-likeness (QED) is 0.740. The predicted octanol–water partition coefficient (Wildman–Crippen LogP) is 3.51. The lowest BCUT2D eigenvalue weighted by Gasteiger charge is -2.21. The molecule has 3 rings (SSSR count). The molecule has 0 radical (unpaired) electrons. The lowest BCUT2D eigenvalue weighted by molar-refractivity contribution is 0.945. The maximum Gasteiger partial charge on any atom is 0.0519 e. The van der Waals surface area contributed by atoms with E-state index >= 15 is 0 Å². The highest BCUT2D eigenvalue weighted by atomic mass is 32.1. The second-order valence-electron chi connectivity index (χ2n) is 4.53. The van der Waals surface area contributed by atoms with Gasteiger partial charge in [0.2, 0.25) is 0 Å². The number of pyridine rings is 1. The molecule has 0 fully saturated rings. The fraction of sp³-hybridized carbons (Fsp3) is 0.133. The highest BCUT2D eigenvalue weighted by Gasteiger charge is 2.09. The Labute approximate surface area is 116 Å². The summed E-state index contributed by atoms with van der Waals surface area (Å²) in [4.78, 5) is 7.79. The number of hydrogen-bond donors (Lipinski definition) is 1. The molecule has 4 heteroatoms. The van der Waals surface area contributed by atoms with Crippen molar-refractivity contribution in [1.82, 2.24) is 4.98 Å². The Morgan fingerprint density at radius 3 is 2.89 bits per heavy atom. The van der Waals surface area contributed by atoms with Crippen LogP contribution in [0.15, 0.2) is 48.1 Å². The van der Waals surface area contributed by atoms with Crippen LogP contribution < -0.4 is 10.6 Å². The molecule has 0 aliphatic rings. The van der Waals surface area contributed by atoms with E-state index in [1.165, 1.54) is 4.88 Å². The molecular formula is C15H15N3S. The highest BCUT2D eigenvalue weighted by molar-refractivity contribution is 7.09. The Hall–Kier alpha value is -2.07. The van der Waals surface area contributed by atoms with Crippen LogP contribution in [0.1, 0.15) is 4.88 Å². The number of benzene rings is 1. The van der Waals surface area contributed by atoms with Crippen molar-refractivity contribution in [3.8, 4) is 0 Å². The summed E-state index contributed by atoms with van der Waals surface area (Å²) in [6.07, 6.45) is 3.66. The van der Waals surface area contributed by atoms with Crippen molar-refractivity contribution in [2.24, 2.45) is 0 Å². The van der Waals surface area contributed by atoms with Crippen molar-refractivity contribution in [1.29, 1.82) is 0 Å². The third-order valence-corrected chi connectivity index (χ3v) is 4.07. The van der Waals surface area contributed by atoms with Crippen molar-refractivity contribution in [3.63, 3.8) is 0 Å². The SMILES string of the molecule is CN(Cc1cccs1)c1ccc(N)c2ccncc12. The van der Waals surface area contributed by atoms with Crippen molar-refractivity contribution in [2.45, 2.75) is 6.54 Å². The second-order valence-corrected chi connectivity index (χ2v) is 5.56. The van der Waals surface area contributed by atoms with Crippen LogP contribution in [0, 0.1) is 0 Å². The molecule has 0 saturated heterocycles. The molecule has 0 aliphatic heterocycles. The molecule has 0 spiro atoms. The number of aromatic nitrogens is 1. The van der Waals surface area contributed by atoms with E-state index in [2.05, 4.69) is 40.5 Å². The van der Waals surface area contributed by atoms with Crippen molar-refractivity contribution in [3.05, 3.63) is 53.0 Å². The fourth-order valence-electron chi connectivity index (χ4n) is 2.25. The normalized spacial score (nSPS) is 10.8. The van der Waals surface area contributed by atoms with Crippen molar-refractivity contribution < 1.29 is 0 Å². The zero-order valence-corrected chi connectivity index (χ0v) is 11.5. The third-order valence-electron chi connectivity index (χ3n) is 3.21. The highest BCUT2D eigenvalue weighted by Crippen LogP contribution is 2.30. The summed E-state index contributed by atoms with van der Waals surface area (Å²) < 4.78 is 0. The first-order valence-corrected chi connectivity index (χ1v) is 6.99. The lowest BCUT2D eigenvalue weighted by atomic mass is 10.1. The molecule has 19 heavy (non-hydrogen) atoms. The number of nitrogens with zero attached hydrogens (tertiary/aromatic N) is 2. The predicted molar refractivity (Wildman–Crippen MR) is 82.6 cm³/mol. The van der Waals surface area contributed by atoms with Crippen LogP contribution in [0.3, 0.4) is 0 Å². The summed E-state index contributed by atoms with van der Waals surface area (Å²) in [5.74, 6) is 0. The van der Waals surface area contributed by atoms with Gasteiger partial charge in [0.25, 0.3) is 0 Å². The van der Waals surface area contributed by atoms with Gasteiger partial charge in [-0.1, -0.05) is 6.07 Å². The van der Waals surface area contributed by atoms with Crippen molar-refractivity contribution >= 4 is 33.5 Å². The first kappa shape index (κ1) is 12.0. The minimum Gasteiger partial charge on any atom is -0.398 e. The van der Waals surface area contributed by atoms with Gasteiger partial charge < -0.3 is 10.6 Å². The van der Waals surface area contributed by atoms with Crippen molar-refractivity contribution in [2.75, 3.05) is 17.7 Å². The lowest BCUT2D eigenvalue weighted by Crippen LogP contribution is -2.16. The summed E-state index contributed by atoms with van der Waals surface area (Å²) in [7, 11) is 2.09. The van der Waals surface area contributed by atoms with E-state index < -0.39 is 0 Å². The maximum atomic E-state index is 6.02. The molecule has 0 bridgehead atoms. The number of fused-ring (bicyclic) bond motifs is 1. The topological polar surface area (TPSA) is 42.1 Å². The van der Waals surface area contributed by atoms with Gasteiger partial charge in [0.15, 0.2) is 0 Å².